The third-order valence-electron chi connectivity index (χ3n) is 3.45. The quantitative estimate of drug-likeness (QED) is 0.886. The maximum absolute atomic E-state index is 12.1. The molecule has 1 aromatic heterocycles. The Kier molecular flexibility index (Phi) is 4.38. The number of fused-ring (bicyclic) bond motifs is 1. The Morgan fingerprint density at radius 1 is 1.39 bits per heavy atom. The third kappa shape index (κ3) is 3.72. The van der Waals surface area contributed by atoms with Crippen molar-refractivity contribution in [2.75, 3.05) is 5.32 Å². The average molecular weight is 352 g/mol. The summed E-state index contributed by atoms with van der Waals surface area (Å²) >= 11 is 1.18. The third-order valence-corrected chi connectivity index (χ3v) is 6.25. The standard InChI is InChI=1S/C15H16N2O4S2/c1-10-7-12-8-11(4-5-13(12)17-15(18)21-10)9-16-23(19,20)14-3-2-6-22-14/h2-6,8,10,16H,7,9H2,1H3,(H,17,18). The monoisotopic (exact) mass is 352 g/mol. The maximum atomic E-state index is 12.1. The molecule has 2 heterocycles. The summed E-state index contributed by atoms with van der Waals surface area (Å²) in [4.78, 5) is 11.5. The molecule has 1 aromatic carbocycles. The molecule has 122 valence electrons. The van der Waals surface area contributed by atoms with Crippen molar-refractivity contribution in [3.05, 3.63) is 46.8 Å². The minimum absolute atomic E-state index is 0.191. The lowest BCUT2D eigenvalue weighted by molar-refractivity contribution is 0.123. The van der Waals surface area contributed by atoms with Crippen LogP contribution < -0.4 is 10.0 Å². The molecule has 2 aromatic rings. The van der Waals surface area contributed by atoms with Gasteiger partial charge < -0.3 is 4.74 Å². The summed E-state index contributed by atoms with van der Waals surface area (Å²) in [5, 5.41) is 4.40. The van der Waals surface area contributed by atoms with Crippen LogP contribution in [-0.4, -0.2) is 20.6 Å². The van der Waals surface area contributed by atoms with Gasteiger partial charge in [0, 0.05) is 18.7 Å². The molecule has 23 heavy (non-hydrogen) atoms. The highest BCUT2D eigenvalue weighted by atomic mass is 32.2. The molecular formula is C15H16N2O4S2. The van der Waals surface area contributed by atoms with Crippen molar-refractivity contribution >= 4 is 33.1 Å². The topological polar surface area (TPSA) is 84.5 Å². The second kappa shape index (κ2) is 6.31. The predicted molar refractivity (Wildman–Crippen MR) is 88.1 cm³/mol. The van der Waals surface area contributed by atoms with Gasteiger partial charge in [-0.3, -0.25) is 5.32 Å². The molecule has 0 bridgehead atoms. The van der Waals surface area contributed by atoms with Gasteiger partial charge in [-0.15, -0.1) is 11.3 Å². The van der Waals surface area contributed by atoms with E-state index in [1.807, 2.05) is 13.0 Å². The molecule has 0 radical (unpaired) electrons. The number of amides is 1. The summed E-state index contributed by atoms with van der Waals surface area (Å²) in [5.41, 5.74) is 2.45. The van der Waals surface area contributed by atoms with Gasteiger partial charge in [0.15, 0.2) is 0 Å². The van der Waals surface area contributed by atoms with Crippen molar-refractivity contribution in [1.29, 1.82) is 0 Å². The van der Waals surface area contributed by atoms with Gasteiger partial charge >= 0.3 is 6.09 Å². The summed E-state index contributed by atoms with van der Waals surface area (Å²) in [6.45, 7) is 2.01. The van der Waals surface area contributed by atoms with Gasteiger partial charge in [-0.2, -0.15) is 0 Å². The van der Waals surface area contributed by atoms with E-state index in [-0.39, 0.29) is 12.6 Å². The van der Waals surface area contributed by atoms with E-state index in [0.717, 1.165) is 11.1 Å². The van der Waals surface area contributed by atoms with Crippen molar-refractivity contribution in [2.24, 2.45) is 0 Å². The number of ether oxygens (including phenoxy) is 1. The van der Waals surface area contributed by atoms with Gasteiger partial charge in [0.05, 0.1) is 0 Å². The normalized spacial score (nSPS) is 17.8. The zero-order chi connectivity index (χ0) is 16.4. The molecule has 0 fully saturated rings. The van der Waals surface area contributed by atoms with E-state index >= 15 is 0 Å². The molecule has 0 saturated heterocycles. The van der Waals surface area contributed by atoms with E-state index < -0.39 is 16.1 Å². The number of carbonyl (C=O) groups is 1. The molecule has 1 atom stereocenters. The SMILES string of the molecule is CC1Cc2cc(CNS(=O)(=O)c3cccs3)ccc2NC(=O)O1. The minimum Gasteiger partial charge on any atom is -0.446 e. The molecule has 1 amide bonds. The van der Waals surface area contributed by atoms with E-state index in [1.54, 1.807) is 29.6 Å². The number of nitrogens with one attached hydrogen (secondary N) is 2. The first-order valence-corrected chi connectivity index (χ1v) is 9.43. The van der Waals surface area contributed by atoms with Crippen LogP contribution in [-0.2, 0) is 27.7 Å². The maximum Gasteiger partial charge on any atom is 0.411 e. The van der Waals surface area contributed by atoms with Crippen LogP contribution >= 0.6 is 11.3 Å². The van der Waals surface area contributed by atoms with Crippen LogP contribution in [0.25, 0.3) is 0 Å². The lowest BCUT2D eigenvalue weighted by Crippen LogP contribution is -2.22. The Morgan fingerprint density at radius 2 is 2.22 bits per heavy atom. The lowest BCUT2D eigenvalue weighted by Gasteiger charge is -2.10. The number of hydrogen-bond donors (Lipinski definition) is 2. The number of rotatable bonds is 4. The summed E-state index contributed by atoms with van der Waals surface area (Å²) in [5.74, 6) is 0. The summed E-state index contributed by atoms with van der Waals surface area (Å²) in [6.07, 6.45) is -0.115. The first-order valence-electron chi connectivity index (χ1n) is 7.06. The van der Waals surface area contributed by atoms with Gasteiger partial charge in [-0.1, -0.05) is 18.2 Å². The zero-order valence-corrected chi connectivity index (χ0v) is 14.0. The first-order chi connectivity index (χ1) is 10.9. The Bertz CT molecular complexity index is 816. The fourth-order valence-electron chi connectivity index (χ4n) is 2.39. The molecular weight excluding hydrogens is 336 g/mol. The van der Waals surface area contributed by atoms with Crippen LogP contribution in [0.4, 0.5) is 10.5 Å². The fourth-order valence-corrected chi connectivity index (χ4v) is 4.44. The van der Waals surface area contributed by atoms with Crippen molar-refractivity contribution in [2.45, 2.75) is 30.2 Å². The fraction of sp³-hybridized carbons (Fsp3) is 0.267. The number of sulfonamides is 1. The molecule has 6 nitrogen and oxygen atoms in total. The molecule has 0 spiro atoms. The molecule has 0 aliphatic carbocycles. The van der Waals surface area contributed by atoms with Crippen LogP contribution in [0.15, 0.2) is 39.9 Å². The first kappa shape index (κ1) is 16.0. The van der Waals surface area contributed by atoms with Crippen molar-refractivity contribution in [3.63, 3.8) is 0 Å². The second-order valence-electron chi connectivity index (χ2n) is 5.29. The van der Waals surface area contributed by atoms with E-state index in [4.69, 9.17) is 4.74 Å². The molecule has 1 aliphatic rings. The lowest BCUT2D eigenvalue weighted by atomic mass is 10.0. The van der Waals surface area contributed by atoms with E-state index in [9.17, 15) is 13.2 Å². The smallest absolute Gasteiger partial charge is 0.411 e. The van der Waals surface area contributed by atoms with Crippen LogP contribution in [0.1, 0.15) is 18.1 Å². The van der Waals surface area contributed by atoms with Gasteiger partial charge in [0.2, 0.25) is 10.0 Å². The minimum atomic E-state index is -3.49. The van der Waals surface area contributed by atoms with Crippen LogP contribution in [0.5, 0.6) is 0 Å². The highest BCUT2D eigenvalue weighted by molar-refractivity contribution is 7.91. The van der Waals surface area contributed by atoms with Crippen LogP contribution in [0.2, 0.25) is 0 Å². The Hall–Kier alpha value is -1.90. The number of cyclic esters (lactones) is 1. The molecule has 0 saturated carbocycles. The number of hydrogen-bond acceptors (Lipinski definition) is 5. The van der Waals surface area contributed by atoms with Crippen molar-refractivity contribution in [1.82, 2.24) is 4.72 Å². The summed E-state index contributed by atoms with van der Waals surface area (Å²) in [6, 6.07) is 8.71. The van der Waals surface area contributed by atoms with Gasteiger partial charge in [0.1, 0.15) is 10.3 Å². The number of thiophene rings is 1. The Morgan fingerprint density at radius 3 is 2.96 bits per heavy atom. The second-order valence-corrected chi connectivity index (χ2v) is 8.23. The number of anilines is 1. The van der Waals surface area contributed by atoms with E-state index in [0.29, 0.717) is 16.3 Å². The molecule has 2 N–H and O–H groups in total. The summed E-state index contributed by atoms with van der Waals surface area (Å²) in [7, 11) is -3.49. The Balaban J connectivity index is 1.76. The van der Waals surface area contributed by atoms with Crippen LogP contribution in [0, 0.1) is 0 Å². The Labute approximate surface area is 138 Å². The largest absolute Gasteiger partial charge is 0.446 e. The van der Waals surface area contributed by atoms with Gasteiger partial charge in [-0.25, -0.2) is 17.9 Å². The number of benzene rings is 1. The molecule has 1 aliphatic heterocycles. The summed E-state index contributed by atoms with van der Waals surface area (Å²) < 4.78 is 32.3. The van der Waals surface area contributed by atoms with Gasteiger partial charge in [0.25, 0.3) is 0 Å². The van der Waals surface area contributed by atoms with Crippen molar-refractivity contribution in [3.8, 4) is 0 Å². The highest BCUT2D eigenvalue weighted by Gasteiger charge is 2.20. The van der Waals surface area contributed by atoms with Crippen molar-refractivity contribution < 1.29 is 17.9 Å². The highest BCUT2D eigenvalue weighted by Crippen LogP contribution is 2.24. The molecule has 3 rings (SSSR count). The average Bonchev–Trinajstić information content (AvgIpc) is 2.98. The van der Waals surface area contributed by atoms with E-state index in [1.165, 1.54) is 11.3 Å². The zero-order valence-electron chi connectivity index (χ0n) is 12.4. The predicted octanol–water partition coefficient (Wildman–Crippen LogP) is 2.72. The van der Waals surface area contributed by atoms with E-state index in [2.05, 4.69) is 10.0 Å². The molecule has 1 unspecified atom stereocenters. The number of carbonyl (C=O) groups excluding carboxylic acids is 1. The van der Waals surface area contributed by atoms with Gasteiger partial charge in [-0.05, 0) is 35.6 Å². The molecule has 8 heteroatoms. The van der Waals surface area contributed by atoms with Crippen LogP contribution in [0.3, 0.4) is 0 Å².